The third-order valence-electron chi connectivity index (χ3n) is 2.74. The summed E-state index contributed by atoms with van der Waals surface area (Å²) in [4.78, 5) is 6.25. The summed E-state index contributed by atoms with van der Waals surface area (Å²) in [6.07, 6.45) is 1.16. The Bertz CT molecular complexity index is 666. The Kier molecular flexibility index (Phi) is 3.77. The van der Waals surface area contributed by atoms with Crippen LogP contribution in [0.25, 0.3) is 0 Å². The van der Waals surface area contributed by atoms with Gasteiger partial charge in [0, 0.05) is 18.7 Å². The second-order valence-corrected chi connectivity index (χ2v) is 7.00. The molecule has 2 rings (SSSR count). The number of anilines is 2. The molecule has 0 aliphatic rings. The lowest BCUT2D eigenvalue weighted by Crippen LogP contribution is -2.19. The van der Waals surface area contributed by atoms with E-state index >= 15 is 0 Å². The summed E-state index contributed by atoms with van der Waals surface area (Å²) in [7, 11) is -1.46. The Morgan fingerprint density at radius 2 is 2.16 bits per heavy atom. The van der Waals surface area contributed by atoms with E-state index in [9.17, 15) is 8.42 Å². The van der Waals surface area contributed by atoms with Crippen molar-refractivity contribution < 1.29 is 8.42 Å². The number of nitrogen functional groups attached to an aromatic ring is 1. The van der Waals surface area contributed by atoms with Gasteiger partial charge in [0.1, 0.15) is 0 Å². The van der Waals surface area contributed by atoms with Gasteiger partial charge in [0.2, 0.25) is 0 Å². The zero-order valence-corrected chi connectivity index (χ0v) is 12.3. The lowest BCUT2D eigenvalue weighted by molar-refractivity contribution is 0.602. The van der Waals surface area contributed by atoms with Gasteiger partial charge in [-0.3, -0.25) is 0 Å². The van der Waals surface area contributed by atoms with Gasteiger partial charge in [0.05, 0.1) is 34.0 Å². The number of hydrogen-bond donors (Lipinski definition) is 1. The molecule has 0 unspecified atom stereocenters. The third-order valence-corrected chi connectivity index (χ3v) is 4.53. The first-order valence-corrected chi connectivity index (χ1v) is 8.40. The summed E-state index contributed by atoms with van der Waals surface area (Å²) in [5, 5.41) is 1.95. The third kappa shape index (κ3) is 3.05. The van der Waals surface area contributed by atoms with Crippen LogP contribution in [0.2, 0.25) is 0 Å². The number of rotatable bonds is 4. The summed E-state index contributed by atoms with van der Waals surface area (Å²) in [6, 6.07) is 5.01. The minimum Gasteiger partial charge on any atom is -0.396 e. The molecule has 0 aliphatic carbocycles. The molecule has 0 spiro atoms. The van der Waals surface area contributed by atoms with Crippen molar-refractivity contribution in [1.29, 1.82) is 0 Å². The number of benzene rings is 1. The van der Waals surface area contributed by atoms with Crippen LogP contribution < -0.4 is 10.6 Å². The van der Waals surface area contributed by atoms with Crippen LogP contribution in [0.3, 0.4) is 0 Å². The number of sulfone groups is 1. The van der Waals surface area contributed by atoms with E-state index in [4.69, 9.17) is 5.73 Å². The minimum absolute atomic E-state index is 0.162. The SMILES string of the molecule is CN(Cc1cscn1)c1cccc(S(C)(=O)=O)c1N. The number of hydrogen-bond acceptors (Lipinski definition) is 6. The van der Waals surface area contributed by atoms with Crippen molar-refractivity contribution in [3.63, 3.8) is 0 Å². The molecule has 7 heteroatoms. The molecule has 0 aliphatic heterocycles. The fourth-order valence-electron chi connectivity index (χ4n) is 1.83. The fraction of sp³-hybridized carbons (Fsp3) is 0.250. The van der Waals surface area contributed by atoms with Crippen LogP contribution >= 0.6 is 11.3 Å². The van der Waals surface area contributed by atoms with Crippen molar-refractivity contribution >= 4 is 32.5 Å². The van der Waals surface area contributed by atoms with E-state index in [2.05, 4.69) is 4.98 Å². The molecule has 0 amide bonds. The van der Waals surface area contributed by atoms with E-state index in [0.29, 0.717) is 12.2 Å². The Labute approximate surface area is 116 Å². The van der Waals surface area contributed by atoms with Gasteiger partial charge in [0.25, 0.3) is 0 Å². The monoisotopic (exact) mass is 297 g/mol. The highest BCUT2D eigenvalue weighted by Crippen LogP contribution is 2.29. The van der Waals surface area contributed by atoms with Crippen molar-refractivity contribution in [3.05, 3.63) is 34.8 Å². The molecule has 2 N–H and O–H groups in total. The second kappa shape index (κ2) is 5.18. The molecule has 2 aromatic rings. The van der Waals surface area contributed by atoms with E-state index in [1.165, 1.54) is 17.4 Å². The number of nitrogens with two attached hydrogens (primary N) is 1. The molecule has 102 valence electrons. The maximum absolute atomic E-state index is 11.6. The zero-order chi connectivity index (χ0) is 14.0. The van der Waals surface area contributed by atoms with E-state index in [1.807, 2.05) is 17.3 Å². The van der Waals surface area contributed by atoms with E-state index in [1.54, 1.807) is 17.6 Å². The lowest BCUT2D eigenvalue weighted by atomic mass is 10.2. The topological polar surface area (TPSA) is 76.3 Å². The average Bonchev–Trinajstić information content (AvgIpc) is 2.80. The van der Waals surface area contributed by atoms with Gasteiger partial charge in [-0.1, -0.05) is 6.07 Å². The minimum atomic E-state index is -3.32. The molecule has 5 nitrogen and oxygen atoms in total. The molecule has 19 heavy (non-hydrogen) atoms. The fourth-order valence-corrected chi connectivity index (χ4v) is 3.21. The number of para-hydroxylation sites is 1. The molecule has 0 fully saturated rings. The van der Waals surface area contributed by atoms with Gasteiger partial charge in [-0.25, -0.2) is 13.4 Å². The molecule has 1 aromatic heterocycles. The molecule has 1 aromatic carbocycles. The predicted octanol–water partition coefficient (Wildman–Crippen LogP) is 1.77. The molecular formula is C12H15N3O2S2. The standard InChI is InChI=1S/C12H15N3O2S2/c1-15(6-9-7-18-8-14-9)10-4-3-5-11(12(10)13)19(2,16)17/h3-5,7-8H,6,13H2,1-2H3. The van der Waals surface area contributed by atoms with Crippen LogP contribution in [-0.4, -0.2) is 26.7 Å². The predicted molar refractivity (Wildman–Crippen MR) is 78.2 cm³/mol. The van der Waals surface area contributed by atoms with E-state index in [0.717, 1.165) is 11.9 Å². The van der Waals surface area contributed by atoms with Crippen LogP contribution in [0.1, 0.15) is 5.69 Å². The van der Waals surface area contributed by atoms with Crippen molar-refractivity contribution in [3.8, 4) is 0 Å². The molecule has 0 radical (unpaired) electrons. The molecule has 0 bridgehead atoms. The highest BCUT2D eigenvalue weighted by atomic mass is 32.2. The van der Waals surface area contributed by atoms with E-state index < -0.39 is 9.84 Å². The first-order chi connectivity index (χ1) is 8.89. The lowest BCUT2D eigenvalue weighted by Gasteiger charge is -2.21. The van der Waals surface area contributed by atoms with Crippen LogP contribution in [0, 0.1) is 0 Å². The first-order valence-electron chi connectivity index (χ1n) is 5.56. The number of thiazole rings is 1. The molecule has 0 saturated heterocycles. The maximum Gasteiger partial charge on any atom is 0.177 e. The van der Waals surface area contributed by atoms with Crippen molar-refractivity contribution in [2.75, 3.05) is 23.9 Å². The van der Waals surface area contributed by atoms with E-state index in [-0.39, 0.29) is 10.6 Å². The highest BCUT2D eigenvalue weighted by molar-refractivity contribution is 7.90. The Morgan fingerprint density at radius 3 is 2.74 bits per heavy atom. The van der Waals surface area contributed by atoms with Gasteiger partial charge in [-0.15, -0.1) is 11.3 Å². The summed E-state index contributed by atoms with van der Waals surface area (Å²) >= 11 is 1.52. The van der Waals surface area contributed by atoms with Crippen LogP contribution in [0.5, 0.6) is 0 Å². The molecular weight excluding hydrogens is 282 g/mol. The van der Waals surface area contributed by atoms with Gasteiger partial charge in [-0.05, 0) is 12.1 Å². The number of aromatic nitrogens is 1. The van der Waals surface area contributed by atoms with Crippen LogP contribution in [-0.2, 0) is 16.4 Å². The summed E-state index contributed by atoms with van der Waals surface area (Å²) in [6.45, 7) is 0.584. The maximum atomic E-state index is 11.6. The summed E-state index contributed by atoms with van der Waals surface area (Å²) in [5.41, 5.74) is 9.62. The highest BCUT2D eigenvalue weighted by Gasteiger charge is 2.16. The second-order valence-electron chi connectivity index (χ2n) is 4.30. The van der Waals surface area contributed by atoms with Gasteiger partial charge >= 0.3 is 0 Å². The Morgan fingerprint density at radius 1 is 1.42 bits per heavy atom. The normalized spacial score (nSPS) is 11.5. The van der Waals surface area contributed by atoms with Crippen LogP contribution in [0.4, 0.5) is 11.4 Å². The summed E-state index contributed by atoms with van der Waals surface area (Å²) in [5.74, 6) is 0. The van der Waals surface area contributed by atoms with Gasteiger partial charge < -0.3 is 10.6 Å². The first kappa shape index (κ1) is 13.8. The Hall–Kier alpha value is -1.60. The largest absolute Gasteiger partial charge is 0.396 e. The van der Waals surface area contributed by atoms with Crippen molar-refractivity contribution in [2.45, 2.75) is 11.4 Å². The quantitative estimate of drug-likeness (QED) is 0.870. The molecule has 0 atom stereocenters. The van der Waals surface area contributed by atoms with Gasteiger partial charge in [-0.2, -0.15) is 0 Å². The van der Waals surface area contributed by atoms with Gasteiger partial charge in [0.15, 0.2) is 9.84 Å². The number of nitrogens with zero attached hydrogens (tertiary/aromatic N) is 2. The zero-order valence-electron chi connectivity index (χ0n) is 10.7. The van der Waals surface area contributed by atoms with Crippen molar-refractivity contribution in [2.24, 2.45) is 0 Å². The van der Waals surface area contributed by atoms with Crippen molar-refractivity contribution in [1.82, 2.24) is 4.98 Å². The summed E-state index contributed by atoms with van der Waals surface area (Å²) < 4.78 is 23.3. The smallest absolute Gasteiger partial charge is 0.177 e. The van der Waals surface area contributed by atoms with Crippen LogP contribution in [0.15, 0.2) is 34.0 Å². The molecule has 0 saturated carbocycles. The Balaban J connectivity index is 2.35. The average molecular weight is 297 g/mol. The molecule has 1 heterocycles.